The Bertz CT molecular complexity index is 338. The minimum absolute atomic E-state index is 0.800. The molecule has 1 aromatic rings. The molecule has 16 heavy (non-hydrogen) atoms. The van der Waals surface area contributed by atoms with Crippen molar-refractivity contribution in [1.29, 1.82) is 0 Å². The normalized spacial score (nSPS) is 20.4. The van der Waals surface area contributed by atoms with Crippen molar-refractivity contribution in [3.63, 3.8) is 0 Å². The van der Waals surface area contributed by atoms with E-state index < -0.39 is 0 Å². The number of rotatable bonds is 4. The largest absolute Gasteiger partial charge is 0.356 e. The second-order valence-corrected chi connectivity index (χ2v) is 4.61. The van der Waals surface area contributed by atoms with E-state index in [1.54, 1.807) is 0 Å². The lowest BCUT2D eigenvalue weighted by Gasteiger charge is -2.20. The third-order valence-electron chi connectivity index (χ3n) is 3.16. The highest BCUT2D eigenvalue weighted by molar-refractivity contribution is 5.47. The third-order valence-corrected chi connectivity index (χ3v) is 3.16. The molecule has 1 N–H and O–H groups in total. The molecule has 0 radical (unpaired) electrons. The van der Waals surface area contributed by atoms with Crippen LogP contribution in [-0.4, -0.2) is 24.6 Å². The fourth-order valence-electron chi connectivity index (χ4n) is 2.24. The monoisotopic (exact) mass is 219 g/mol. The van der Waals surface area contributed by atoms with E-state index >= 15 is 0 Å². The van der Waals surface area contributed by atoms with E-state index in [4.69, 9.17) is 0 Å². The Balaban J connectivity index is 2.12. The molecule has 0 aliphatic carbocycles. The Morgan fingerprint density at radius 1 is 1.56 bits per heavy atom. The van der Waals surface area contributed by atoms with Crippen LogP contribution in [0.15, 0.2) is 18.3 Å². The SMILES string of the molecule is CCNCc1cccnc1N1CCC(C)C1. The molecule has 0 amide bonds. The van der Waals surface area contributed by atoms with Crippen LogP contribution in [0.1, 0.15) is 25.8 Å². The Hall–Kier alpha value is -1.09. The van der Waals surface area contributed by atoms with Crippen LogP contribution in [0.5, 0.6) is 0 Å². The molecule has 0 bridgehead atoms. The second-order valence-electron chi connectivity index (χ2n) is 4.61. The molecule has 3 heteroatoms. The number of pyridine rings is 1. The van der Waals surface area contributed by atoms with Crippen LogP contribution in [0.4, 0.5) is 5.82 Å². The summed E-state index contributed by atoms with van der Waals surface area (Å²) in [5.41, 5.74) is 1.32. The van der Waals surface area contributed by atoms with Gasteiger partial charge in [0, 0.05) is 31.4 Å². The molecular weight excluding hydrogens is 198 g/mol. The molecule has 0 spiro atoms. The zero-order valence-corrected chi connectivity index (χ0v) is 10.2. The molecule has 1 aliphatic rings. The summed E-state index contributed by atoms with van der Waals surface area (Å²) < 4.78 is 0. The average Bonchev–Trinajstić information content (AvgIpc) is 2.73. The van der Waals surface area contributed by atoms with E-state index in [1.807, 2.05) is 12.3 Å². The number of anilines is 1. The molecular formula is C13H21N3. The van der Waals surface area contributed by atoms with Gasteiger partial charge >= 0.3 is 0 Å². The Morgan fingerprint density at radius 3 is 3.12 bits per heavy atom. The van der Waals surface area contributed by atoms with Crippen LogP contribution in [0.3, 0.4) is 0 Å². The van der Waals surface area contributed by atoms with Crippen LogP contribution in [0.25, 0.3) is 0 Å². The standard InChI is InChI=1S/C13H21N3/c1-3-14-9-12-5-4-7-15-13(12)16-8-6-11(2)10-16/h4-5,7,11,14H,3,6,8-10H2,1-2H3. The predicted molar refractivity (Wildman–Crippen MR) is 67.6 cm³/mol. The van der Waals surface area contributed by atoms with Crippen molar-refractivity contribution in [3.8, 4) is 0 Å². The highest BCUT2D eigenvalue weighted by Crippen LogP contribution is 2.24. The first-order chi connectivity index (χ1) is 7.81. The van der Waals surface area contributed by atoms with E-state index in [1.165, 1.54) is 17.8 Å². The summed E-state index contributed by atoms with van der Waals surface area (Å²) in [5.74, 6) is 1.97. The van der Waals surface area contributed by atoms with Gasteiger partial charge in [0.1, 0.15) is 5.82 Å². The van der Waals surface area contributed by atoms with Crippen LogP contribution >= 0.6 is 0 Å². The van der Waals surface area contributed by atoms with Crippen LogP contribution < -0.4 is 10.2 Å². The van der Waals surface area contributed by atoms with E-state index in [0.29, 0.717) is 0 Å². The molecule has 0 aromatic carbocycles. The highest BCUT2D eigenvalue weighted by Gasteiger charge is 2.21. The molecule has 1 fully saturated rings. The number of hydrogen-bond donors (Lipinski definition) is 1. The molecule has 1 aliphatic heterocycles. The lowest BCUT2D eigenvalue weighted by molar-refractivity contribution is 0.658. The van der Waals surface area contributed by atoms with E-state index in [-0.39, 0.29) is 0 Å². The lowest BCUT2D eigenvalue weighted by atomic mass is 10.2. The van der Waals surface area contributed by atoms with Crippen molar-refractivity contribution in [1.82, 2.24) is 10.3 Å². The number of nitrogens with zero attached hydrogens (tertiary/aromatic N) is 2. The Kier molecular flexibility index (Phi) is 3.78. The maximum atomic E-state index is 4.53. The number of hydrogen-bond acceptors (Lipinski definition) is 3. The Morgan fingerprint density at radius 2 is 2.44 bits per heavy atom. The van der Waals surface area contributed by atoms with Gasteiger partial charge in [-0.05, 0) is 24.9 Å². The summed E-state index contributed by atoms with van der Waals surface area (Å²) in [6, 6.07) is 4.20. The second kappa shape index (κ2) is 5.30. The fraction of sp³-hybridized carbons (Fsp3) is 0.615. The van der Waals surface area contributed by atoms with Crippen LogP contribution in [0, 0.1) is 5.92 Å². The van der Waals surface area contributed by atoms with E-state index in [2.05, 4.69) is 35.1 Å². The average molecular weight is 219 g/mol. The van der Waals surface area contributed by atoms with Gasteiger partial charge in [-0.1, -0.05) is 19.9 Å². The molecule has 88 valence electrons. The van der Waals surface area contributed by atoms with Gasteiger partial charge in [0.05, 0.1) is 0 Å². The molecule has 2 heterocycles. The minimum Gasteiger partial charge on any atom is -0.356 e. The van der Waals surface area contributed by atoms with Gasteiger partial charge in [-0.3, -0.25) is 0 Å². The molecule has 1 aromatic heterocycles. The fourth-order valence-corrected chi connectivity index (χ4v) is 2.24. The van der Waals surface area contributed by atoms with Crippen LogP contribution in [0.2, 0.25) is 0 Å². The zero-order chi connectivity index (χ0) is 11.4. The van der Waals surface area contributed by atoms with Crippen molar-refractivity contribution in [2.24, 2.45) is 5.92 Å². The first-order valence-corrected chi connectivity index (χ1v) is 6.20. The van der Waals surface area contributed by atoms with Gasteiger partial charge in [0.15, 0.2) is 0 Å². The summed E-state index contributed by atoms with van der Waals surface area (Å²) >= 11 is 0. The maximum absolute atomic E-state index is 4.53. The van der Waals surface area contributed by atoms with Crippen molar-refractivity contribution < 1.29 is 0 Å². The van der Waals surface area contributed by atoms with E-state index in [0.717, 1.165) is 32.1 Å². The minimum atomic E-state index is 0.800. The molecule has 0 saturated carbocycles. The molecule has 1 saturated heterocycles. The van der Waals surface area contributed by atoms with Gasteiger partial charge in [0.25, 0.3) is 0 Å². The highest BCUT2D eigenvalue weighted by atomic mass is 15.2. The van der Waals surface area contributed by atoms with Crippen molar-refractivity contribution in [3.05, 3.63) is 23.9 Å². The molecule has 1 unspecified atom stereocenters. The Labute approximate surface area is 97.9 Å². The number of aromatic nitrogens is 1. The van der Waals surface area contributed by atoms with E-state index in [9.17, 15) is 0 Å². The summed E-state index contributed by atoms with van der Waals surface area (Å²) in [5, 5.41) is 3.37. The van der Waals surface area contributed by atoms with Gasteiger partial charge in [-0.2, -0.15) is 0 Å². The van der Waals surface area contributed by atoms with Crippen molar-refractivity contribution in [2.45, 2.75) is 26.8 Å². The maximum Gasteiger partial charge on any atom is 0.133 e. The zero-order valence-electron chi connectivity index (χ0n) is 10.2. The summed E-state index contributed by atoms with van der Waals surface area (Å²) in [6.45, 7) is 8.67. The smallest absolute Gasteiger partial charge is 0.133 e. The molecule has 2 rings (SSSR count). The predicted octanol–water partition coefficient (Wildman–Crippen LogP) is 2.04. The summed E-state index contributed by atoms with van der Waals surface area (Å²) in [6.07, 6.45) is 3.19. The van der Waals surface area contributed by atoms with Gasteiger partial charge in [-0.25, -0.2) is 4.98 Å². The number of nitrogens with one attached hydrogen (secondary N) is 1. The third kappa shape index (κ3) is 2.53. The topological polar surface area (TPSA) is 28.2 Å². The summed E-state index contributed by atoms with van der Waals surface area (Å²) in [4.78, 5) is 6.95. The quantitative estimate of drug-likeness (QED) is 0.840. The molecule has 3 nitrogen and oxygen atoms in total. The van der Waals surface area contributed by atoms with Crippen LogP contribution in [-0.2, 0) is 6.54 Å². The van der Waals surface area contributed by atoms with Gasteiger partial charge in [-0.15, -0.1) is 0 Å². The van der Waals surface area contributed by atoms with Crippen molar-refractivity contribution in [2.75, 3.05) is 24.5 Å². The lowest BCUT2D eigenvalue weighted by Crippen LogP contribution is -2.23. The molecule has 1 atom stereocenters. The first kappa shape index (κ1) is 11.4. The van der Waals surface area contributed by atoms with Gasteiger partial charge in [0.2, 0.25) is 0 Å². The van der Waals surface area contributed by atoms with Crippen molar-refractivity contribution >= 4 is 5.82 Å². The summed E-state index contributed by atoms with van der Waals surface area (Å²) in [7, 11) is 0. The van der Waals surface area contributed by atoms with Gasteiger partial charge < -0.3 is 10.2 Å². The first-order valence-electron chi connectivity index (χ1n) is 6.20.